The summed E-state index contributed by atoms with van der Waals surface area (Å²) in [5.74, 6) is 0.499. The number of amides is 1. The molecule has 5 nitrogen and oxygen atoms in total. The molecule has 0 atom stereocenters. The van der Waals surface area contributed by atoms with Crippen molar-refractivity contribution in [2.45, 2.75) is 13.8 Å². The summed E-state index contributed by atoms with van der Waals surface area (Å²) in [7, 11) is 1.61. The minimum absolute atomic E-state index is 0.278. The Bertz CT molecular complexity index is 654. The molecule has 0 fully saturated rings. The molecule has 0 aliphatic rings. The van der Waals surface area contributed by atoms with Crippen LogP contribution in [0.5, 0.6) is 5.75 Å². The number of methoxy groups -OCH3 is 1. The Morgan fingerprint density at radius 3 is 2.65 bits per heavy atom. The van der Waals surface area contributed by atoms with Crippen LogP contribution in [0.1, 0.15) is 21.6 Å². The first-order valence-corrected chi connectivity index (χ1v) is 6.19. The van der Waals surface area contributed by atoms with E-state index < -0.39 is 0 Å². The van der Waals surface area contributed by atoms with E-state index in [0.717, 1.165) is 17.0 Å². The number of aromatic nitrogens is 1. The number of nitrogens with one attached hydrogen (secondary N) is 1. The van der Waals surface area contributed by atoms with Crippen LogP contribution in [-0.4, -0.2) is 18.0 Å². The Kier molecular flexibility index (Phi) is 3.89. The van der Waals surface area contributed by atoms with Crippen molar-refractivity contribution in [2.24, 2.45) is 0 Å². The first-order chi connectivity index (χ1) is 9.51. The standard InChI is InChI=1S/C15H17N3O2/c1-9-6-11(4-5-14(9)20-3)18-15(19)12-8-17-10(2)7-13(12)16/h4-8H,1-3H3,(H2,16,17)(H,18,19). The van der Waals surface area contributed by atoms with Crippen LogP contribution in [0, 0.1) is 13.8 Å². The van der Waals surface area contributed by atoms with Gasteiger partial charge in [-0.05, 0) is 43.7 Å². The van der Waals surface area contributed by atoms with Gasteiger partial charge in [0.25, 0.3) is 5.91 Å². The molecule has 0 aliphatic carbocycles. The van der Waals surface area contributed by atoms with Gasteiger partial charge in [0.2, 0.25) is 0 Å². The van der Waals surface area contributed by atoms with E-state index in [0.29, 0.717) is 16.9 Å². The molecular formula is C15H17N3O2. The number of anilines is 2. The maximum atomic E-state index is 12.1. The largest absolute Gasteiger partial charge is 0.496 e. The average molecular weight is 271 g/mol. The Balaban J connectivity index is 2.21. The number of hydrogen-bond donors (Lipinski definition) is 2. The minimum atomic E-state index is -0.278. The van der Waals surface area contributed by atoms with Crippen LogP contribution >= 0.6 is 0 Å². The van der Waals surface area contributed by atoms with Crippen molar-refractivity contribution in [3.63, 3.8) is 0 Å². The number of pyridine rings is 1. The molecule has 2 aromatic rings. The van der Waals surface area contributed by atoms with Gasteiger partial charge in [0.05, 0.1) is 12.7 Å². The van der Waals surface area contributed by atoms with E-state index in [4.69, 9.17) is 10.5 Å². The third kappa shape index (κ3) is 2.88. The maximum absolute atomic E-state index is 12.1. The lowest BCUT2D eigenvalue weighted by atomic mass is 10.1. The topological polar surface area (TPSA) is 77.2 Å². The number of rotatable bonds is 3. The van der Waals surface area contributed by atoms with E-state index in [9.17, 15) is 4.79 Å². The van der Waals surface area contributed by atoms with E-state index in [2.05, 4.69) is 10.3 Å². The van der Waals surface area contributed by atoms with Crippen LogP contribution in [-0.2, 0) is 0 Å². The third-order valence-corrected chi connectivity index (χ3v) is 2.97. The highest BCUT2D eigenvalue weighted by atomic mass is 16.5. The second-order valence-corrected chi connectivity index (χ2v) is 4.55. The molecule has 104 valence electrons. The highest BCUT2D eigenvalue weighted by Gasteiger charge is 2.11. The number of nitrogens with zero attached hydrogens (tertiary/aromatic N) is 1. The zero-order valence-corrected chi connectivity index (χ0v) is 11.7. The Hall–Kier alpha value is -2.56. The Morgan fingerprint density at radius 2 is 2.05 bits per heavy atom. The molecule has 1 heterocycles. The van der Waals surface area contributed by atoms with Gasteiger partial charge in [-0.3, -0.25) is 9.78 Å². The Morgan fingerprint density at radius 1 is 1.30 bits per heavy atom. The quantitative estimate of drug-likeness (QED) is 0.899. The van der Waals surface area contributed by atoms with E-state index in [1.54, 1.807) is 19.2 Å². The van der Waals surface area contributed by atoms with Crippen LogP contribution in [0.3, 0.4) is 0 Å². The van der Waals surface area contributed by atoms with Gasteiger partial charge in [-0.25, -0.2) is 0 Å². The molecule has 0 bridgehead atoms. The fourth-order valence-corrected chi connectivity index (χ4v) is 1.93. The number of ether oxygens (including phenoxy) is 1. The van der Waals surface area contributed by atoms with E-state index in [-0.39, 0.29) is 5.91 Å². The molecule has 5 heteroatoms. The summed E-state index contributed by atoms with van der Waals surface area (Å²) in [6.07, 6.45) is 1.48. The molecule has 3 N–H and O–H groups in total. The zero-order chi connectivity index (χ0) is 14.7. The number of hydrogen-bond acceptors (Lipinski definition) is 4. The van der Waals surface area contributed by atoms with Crippen molar-refractivity contribution in [1.82, 2.24) is 4.98 Å². The van der Waals surface area contributed by atoms with E-state index in [1.165, 1.54) is 6.20 Å². The maximum Gasteiger partial charge on any atom is 0.259 e. The molecule has 0 radical (unpaired) electrons. The summed E-state index contributed by atoms with van der Waals surface area (Å²) < 4.78 is 5.18. The van der Waals surface area contributed by atoms with E-state index >= 15 is 0 Å². The SMILES string of the molecule is COc1ccc(NC(=O)c2cnc(C)cc2N)cc1C. The molecular weight excluding hydrogens is 254 g/mol. The molecule has 0 unspecified atom stereocenters. The lowest BCUT2D eigenvalue weighted by molar-refractivity contribution is 0.102. The second kappa shape index (κ2) is 5.61. The summed E-state index contributed by atoms with van der Waals surface area (Å²) >= 11 is 0. The lowest BCUT2D eigenvalue weighted by Gasteiger charge is -2.10. The Labute approximate surface area is 117 Å². The number of benzene rings is 1. The number of nitrogens with two attached hydrogens (primary N) is 1. The van der Waals surface area contributed by atoms with Crippen LogP contribution < -0.4 is 15.8 Å². The molecule has 1 aromatic heterocycles. The van der Waals surface area contributed by atoms with Gasteiger partial charge in [-0.1, -0.05) is 0 Å². The number of carbonyl (C=O) groups excluding carboxylic acids is 1. The summed E-state index contributed by atoms with van der Waals surface area (Å²) in [6, 6.07) is 7.10. The second-order valence-electron chi connectivity index (χ2n) is 4.55. The summed E-state index contributed by atoms with van der Waals surface area (Å²) in [5.41, 5.74) is 9.02. The molecule has 1 amide bonds. The smallest absolute Gasteiger partial charge is 0.259 e. The average Bonchev–Trinajstić information content (AvgIpc) is 2.38. The first kappa shape index (κ1) is 13.9. The van der Waals surface area contributed by atoms with Crippen LogP contribution in [0.15, 0.2) is 30.5 Å². The van der Waals surface area contributed by atoms with Gasteiger partial charge in [0.15, 0.2) is 0 Å². The van der Waals surface area contributed by atoms with Crippen LogP contribution in [0.25, 0.3) is 0 Å². The van der Waals surface area contributed by atoms with Gasteiger partial charge in [0.1, 0.15) is 5.75 Å². The molecule has 0 saturated carbocycles. The summed E-state index contributed by atoms with van der Waals surface area (Å²) in [4.78, 5) is 16.2. The fraction of sp³-hybridized carbons (Fsp3) is 0.200. The normalized spacial score (nSPS) is 10.2. The van der Waals surface area contributed by atoms with Crippen LogP contribution in [0.2, 0.25) is 0 Å². The van der Waals surface area contributed by atoms with Gasteiger partial charge >= 0.3 is 0 Å². The van der Waals surface area contributed by atoms with Crippen molar-refractivity contribution in [3.8, 4) is 5.75 Å². The molecule has 20 heavy (non-hydrogen) atoms. The van der Waals surface area contributed by atoms with Crippen molar-refractivity contribution >= 4 is 17.3 Å². The van der Waals surface area contributed by atoms with Gasteiger partial charge < -0.3 is 15.8 Å². The van der Waals surface area contributed by atoms with Crippen molar-refractivity contribution in [1.29, 1.82) is 0 Å². The van der Waals surface area contributed by atoms with Crippen LogP contribution in [0.4, 0.5) is 11.4 Å². The predicted molar refractivity (Wildman–Crippen MR) is 79.1 cm³/mol. The highest BCUT2D eigenvalue weighted by molar-refractivity contribution is 6.07. The van der Waals surface area contributed by atoms with Gasteiger partial charge in [-0.15, -0.1) is 0 Å². The predicted octanol–water partition coefficient (Wildman–Crippen LogP) is 2.54. The highest BCUT2D eigenvalue weighted by Crippen LogP contribution is 2.22. The lowest BCUT2D eigenvalue weighted by Crippen LogP contribution is -2.14. The van der Waals surface area contributed by atoms with Crippen molar-refractivity contribution in [2.75, 3.05) is 18.2 Å². The molecule has 0 aliphatic heterocycles. The molecule has 0 saturated heterocycles. The number of carbonyl (C=O) groups is 1. The third-order valence-electron chi connectivity index (χ3n) is 2.97. The minimum Gasteiger partial charge on any atom is -0.496 e. The number of aryl methyl sites for hydroxylation is 2. The van der Waals surface area contributed by atoms with Gasteiger partial charge in [0, 0.05) is 23.3 Å². The molecule has 0 spiro atoms. The monoisotopic (exact) mass is 271 g/mol. The fourth-order valence-electron chi connectivity index (χ4n) is 1.93. The number of nitrogen functional groups attached to an aromatic ring is 1. The van der Waals surface area contributed by atoms with E-state index in [1.807, 2.05) is 26.0 Å². The first-order valence-electron chi connectivity index (χ1n) is 6.19. The van der Waals surface area contributed by atoms with Crippen molar-refractivity contribution in [3.05, 3.63) is 47.3 Å². The van der Waals surface area contributed by atoms with Gasteiger partial charge in [-0.2, -0.15) is 0 Å². The molecule has 1 aromatic carbocycles. The zero-order valence-electron chi connectivity index (χ0n) is 11.7. The molecule has 2 rings (SSSR count). The summed E-state index contributed by atoms with van der Waals surface area (Å²) in [6.45, 7) is 3.74. The van der Waals surface area contributed by atoms with Crippen molar-refractivity contribution < 1.29 is 9.53 Å². The summed E-state index contributed by atoms with van der Waals surface area (Å²) in [5, 5.41) is 2.80.